The molecule has 0 saturated heterocycles. The van der Waals surface area contributed by atoms with Crippen LogP contribution in [0.3, 0.4) is 0 Å². The zero-order valence-corrected chi connectivity index (χ0v) is 12.0. The van der Waals surface area contributed by atoms with Crippen LogP contribution in [-0.2, 0) is 12.4 Å². The van der Waals surface area contributed by atoms with Gasteiger partial charge in [0.05, 0.1) is 10.8 Å². The van der Waals surface area contributed by atoms with Crippen molar-refractivity contribution in [3.05, 3.63) is 66.5 Å². The van der Waals surface area contributed by atoms with Gasteiger partial charge in [-0.15, -0.1) is 10.2 Å². The number of hydrogen-bond acceptors (Lipinski definition) is 6. The highest BCUT2D eigenvalue weighted by Crippen LogP contribution is 2.19. The van der Waals surface area contributed by atoms with Gasteiger partial charge in [0.15, 0.2) is 6.61 Å². The third-order valence-corrected chi connectivity index (χ3v) is 3.52. The first-order chi connectivity index (χ1) is 10.4. The van der Waals surface area contributed by atoms with Crippen molar-refractivity contribution in [2.24, 2.45) is 0 Å². The number of nitrogens with zero attached hydrogens (tertiary/aromatic N) is 3. The highest BCUT2D eigenvalue weighted by molar-refractivity contribution is 7.98. The molecule has 0 bridgehead atoms. The third kappa shape index (κ3) is 4.06. The number of benzene rings is 1. The van der Waals surface area contributed by atoms with E-state index in [1.54, 1.807) is 18.0 Å². The van der Waals surface area contributed by atoms with Crippen molar-refractivity contribution in [1.29, 1.82) is 0 Å². The number of pyridine rings is 1. The van der Waals surface area contributed by atoms with Crippen LogP contribution in [0.15, 0.2) is 64.2 Å². The van der Waals surface area contributed by atoms with Crippen LogP contribution >= 0.6 is 11.8 Å². The third-order valence-electron chi connectivity index (χ3n) is 2.60. The summed E-state index contributed by atoms with van der Waals surface area (Å²) in [4.78, 5) is 4.23. The first-order valence-electron chi connectivity index (χ1n) is 6.43. The fraction of sp³-hybridized carbons (Fsp3) is 0.133. The van der Waals surface area contributed by atoms with Gasteiger partial charge in [0.25, 0.3) is 5.89 Å². The summed E-state index contributed by atoms with van der Waals surface area (Å²) < 4.78 is 11.1. The van der Waals surface area contributed by atoms with Gasteiger partial charge < -0.3 is 9.15 Å². The summed E-state index contributed by atoms with van der Waals surface area (Å²) in [5, 5.41) is 8.89. The highest BCUT2D eigenvalue weighted by Gasteiger charge is 2.07. The molecule has 0 aliphatic rings. The van der Waals surface area contributed by atoms with Crippen molar-refractivity contribution < 1.29 is 9.15 Å². The minimum Gasteiger partial charge on any atom is -0.484 e. The maximum atomic E-state index is 5.55. The predicted octanol–water partition coefficient (Wildman–Crippen LogP) is 3.34. The number of hydrogen-bond donors (Lipinski definition) is 0. The Hall–Kier alpha value is -2.34. The minimum atomic E-state index is 0.269. The Kier molecular flexibility index (Phi) is 4.48. The number of thioether (sulfide) groups is 1. The number of aromatic nitrogens is 3. The number of para-hydroxylation sites is 1. The average Bonchev–Trinajstić information content (AvgIpc) is 3.01. The molecule has 0 fully saturated rings. The largest absolute Gasteiger partial charge is 0.484 e. The lowest BCUT2D eigenvalue weighted by atomic mass is 10.3. The topological polar surface area (TPSA) is 61.0 Å². The first-order valence-corrected chi connectivity index (χ1v) is 7.41. The lowest BCUT2D eigenvalue weighted by molar-refractivity contribution is 0.260. The molecule has 0 N–H and O–H groups in total. The second-order valence-electron chi connectivity index (χ2n) is 4.15. The molecule has 0 atom stereocenters. The molecule has 106 valence electrons. The van der Waals surface area contributed by atoms with Crippen LogP contribution in [0.4, 0.5) is 0 Å². The SMILES string of the molecule is c1ccc(OCc2nnc(CSc3ccccn3)o2)cc1. The van der Waals surface area contributed by atoms with Crippen LogP contribution in [-0.4, -0.2) is 15.2 Å². The fourth-order valence-corrected chi connectivity index (χ4v) is 2.33. The van der Waals surface area contributed by atoms with E-state index in [0.717, 1.165) is 10.8 Å². The van der Waals surface area contributed by atoms with Crippen LogP contribution < -0.4 is 4.74 Å². The first kappa shape index (κ1) is 13.6. The molecular formula is C15H13N3O2S. The van der Waals surface area contributed by atoms with E-state index in [1.807, 2.05) is 48.5 Å². The van der Waals surface area contributed by atoms with E-state index in [1.165, 1.54) is 0 Å². The van der Waals surface area contributed by atoms with Crippen LogP contribution in [0.25, 0.3) is 0 Å². The van der Waals surface area contributed by atoms with Crippen LogP contribution in [0.1, 0.15) is 11.8 Å². The maximum Gasteiger partial charge on any atom is 0.253 e. The predicted molar refractivity (Wildman–Crippen MR) is 78.9 cm³/mol. The molecule has 0 saturated carbocycles. The monoisotopic (exact) mass is 299 g/mol. The average molecular weight is 299 g/mol. The Labute approximate surface area is 126 Å². The standard InChI is InChI=1S/C15H13N3O2S/c1-2-6-12(7-3-1)19-10-13-17-18-14(20-13)11-21-15-8-4-5-9-16-15/h1-9H,10-11H2. The van der Waals surface area contributed by atoms with E-state index >= 15 is 0 Å². The number of ether oxygens (including phenoxy) is 1. The smallest absolute Gasteiger partial charge is 0.253 e. The highest BCUT2D eigenvalue weighted by atomic mass is 32.2. The minimum absolute atomic E-state index is 0.269. The summed E-state index contributed by atoms with van der Waals surface area (Å²) in [6.07, 6.45) is 1.76. The van der Waals surface area contributed by atoms with Crippen molar-refractivity contribution in [2.75, 3.05) is 0 Å². The van der Waals surface area contributed by atoms with Gasteiger partial charge in [-0.1, -0.05) is 36.0 Å². The van der Waals surface area contributed by atoms with Gasteiger partial charge in [0, 0.05) is 6.20 Å². The summed E-state index contributed by atoms with van der Waals surface area (Å²) >= 11 is 1.55. The fourth-order valence-electron chi connectivity index (χ4n) is 1.63. The Bertz CT molecular complexity index is 616. The summed E-state index contributed by atoms with van der Waals surface area (Å²) in [6.45, 7) is 0.269. The molecular weight excluding hydrogens is 286 g/mol. The van der Waals surface area contributed by atoms with Crippen molar-refractivity contribution in [1.82, 2.24) is 15.2 Å². The lowest BCUT2D eigenvalue weighted by Crippen LogP contribution is -1.95. The normalized spacial score (nSPS) is 10.5. The molecule has 0 aliphatic carbocycles. The molecule has 0 aliphatic heterocycles. The zero-order chi connectivity index (χ0) is 14.3. The summed E-state index contributed by atoms with van der Waals surface area (Å²) in [7, 11) is 0. The van der Waals surface area contributed by atoms with E-state index < -0.39 is 0 Å². The van der Waals surface area contributed by atoms with Gasteiger partial charge in [-0.3, -0.25) is 0 Å². The van der Waals surface area contributed by atoms with Crippen molar-refractivity contribution in [3.8, 4) is 5.75 Å². The molecule has 3 aromatic rings. The molecule has 0 amide bonds. The Morgan fingerprint density at radius 3 is 2.57 bits per heavy atom. The van der Waals surface area contributed by atoms with Gasteiger partial charge in [0.2, 0.25) is 5.89 Å². The molecule has 0 unspecified atom stereocenters. The Balaban J connectivity index is 1.52. The quantitative estimate of drug-likeness (QED) is 0.651. The van der Waals surface area contributed by atoms with Crippen molar-refractivity contribution in [2.45, 2.75) is 17.4 Å². The Morgan fingerprint density at radius 2 is 1.76 bits per heavy atom. The van der Waals surface area contributed by atoms with Gasteiger partial charge in [-0.25, -0.2) is 4.98 Å². The molecule has 2 heterocycles. The van der Waals surface area contributed by atoms with Crippen molar-refractivity contribution >= 4 is 11.8 Å². The lowest BCUT2D eigenvalue weighted by Gasteiger charge is -2.01. The number of rotatable bonds is 6. The molecule has 1 aromatic carbocycles. The van der Waals surface area contributed by atoms with Crippen LogP contribution in [0.5, 0.6) is 5.75 Å². The van der Waals surface area contributed by atoms with Gasteiger partial charge in [0.1, 0.15) is 5.75 Å². The maximum absolute atomic E-state index is 5.55. The molecule has 21 heavy (non-hydrogen) atoms. The zero-order valence-electron chi connectivity index (χ0n) is 11.2. The summed E-state index contributed by atoms with van der Waals surface area (Å²) in [5.74, 6) is 2.41. The second-order valence-corrected chi connectivity index (χ2v) is 5.14. The van der Waals surface area contributed by atoms with Crippen molar-refractivity contribution in [3.63, 3.8) is 0 Å². The van der Waals surface area contributed by atoms with Gasteiger partial charge in [-0.05, 0) is 24.3 Å². The summed E-state index contributed by atoms with van der Waals surface area (Å²) in [5.41, 5.74) is 0. The van der Waals surface area contributed by atoms with E-state index in [4.69, 9.17) is 9.15 Å². The van der Waals surface area contributed by atoms with Gasteiger partial charge >= 0.3 is 0 Å². The van der Waals surface area contributed by atoms with E-state index in [9.17, 15) is 0 Å². The van der Waals surface area contributed by atoms with E-state index in [2.05, 4.69) is 15.2 Å². The summed E-state index contributed by atoms with van der Waals surface area (Å²) in [6, 6.07) is 15.3. The van der Waals surface area contributed by atoms with E-state index in [-0.39, 0.29) is 6.61 Å². The molecule has 0 radical (unpaired) electrons. The molecule has 5 nitrogen and oxygen atoms in total. The Morgan fingerprint density at radius 1 is 0.952 bits per heavy atom. The van der Waals surface area contributed by atoms with Gasteiger partial charge in [-0.2, -0.15) is 0 Å². The van der Waals surface area contributed by atoms with Crippen LogP contribution in [0, 0.1) is 0 Å². The molecule has 6 heteroatoms. The molecule has 3 rings (SSSR count). The second kappa shape index (κ2) is 6.90. The molecule has 0 spiro atoms. The van der Waals surface area contributed by atoms with Crippen LogP contribution in [0.2, 0.25) is 0 Å². The van der Waals surface area contributed by atoms with E-state index in [0.29, 0.717) is 17.5 Å². The molecule has 2 aromatic heterocycles.